The molecule has 1 aromatic rings. The molecule has 0 atom stereocenters. The first kappa shape index (κ1) is 13.8. The topological polar surface area (TPSA) is 80.5 Å². The van der Waals surface area contributed by atoms with Gasteiger partial charge < -0.3 is 10.6 Å². The highest BCUT2D eigenvalue weighted by Crippen LogP contribution is 2.19. The maximum Gasteiger partial charge on any atom is 0.254 e. The van der Waals surface area contributed by atoms with Gasteiger partial charge in [0.15, 0.2) is 9.84 Å². The summed E-state index contributed by atoms with van der Waals surface area (Å²) in [5, 5.41) is 0. The van der Waals surface area contributed by atoms with E-state index in [1.807, 2.05) is 0 Å². The van der Waals surface area contributed by atoms with Crippen LogP contribution in [0.3, 0.4) is 0 Å². The summed E-state index contributed by atoms with van der Waals surface area (Å²) in [6, 6.07) is 2.56. The maximum atomic E-state index is 13.5. The molecule has 1 saturated heterocycles. The Morgan fingerprint density at radius 3 is 2.42 bits per heavy atom. The molecule has 1 aromatic carbocycles. The first-order valence-electron chi connectivity index (χ1n) is 5.85. The number of nitrogens with two attached hydrogens (primary N) is 1. The predicted molar refractivity (Wildman–Crippen MR) is 70.1 cm³/mol. The molecule has 0 aromatic heterocycles. The van der Waals surface area contributed by atoms with E-state index in [4.69, 9.17) is 5.73 Å². The first-order chi connectivity index (χ1) is 8.80. The van der Waals surface area contributed by atoms with Crippen LogP contribution in [0.25, 0.3) is 0 Å². The van der Waals surface area contributed by atoms with E-state index in [-0.39, 0.29) is 41.8 Å². The van der Waals surface area contributed by atoms with Crippen LogP contribution in [-0.2, 0) is 9.84 Å². The monoisotopic (exact) mass is 286 g/mol. The quantitative estimate of drug-likeness (QED) is 0.766. The zero-order chi connectivity index (χ0) is 14.2. The van der Waals surface area contributed by atoms with Crippen LogP contribution in [-0.4, -0.2) is 43.8 Å². The molecule has 1 amide bonds. The molecule has 19 heavy (non-hydrogen) atoms. The van der Waals surface area contributed by atoms with Gasteiger partial charge in [-0.1, -0.05) is 0 Å². The van der Waals surface area contributed by atoms with Crippen LogP contribution in [0.4, 0.5) is 10.1 Å². The minimum atomic E-state index is -3.05. The van der Waals surface area contributed by atoms with E-state index >= 15 is 0 Å². The van der Waals surface area contributed by atoms with Crippen LogP contribution in [0.2, 0.25) is 0 Å². The molecule has 1 aliphatic rings. The Morgan fingerprint density at radius 1 is 1.32 bits per heavy atom. The summed E-state index contributed by atoms with van der Waals surface area (Å²) in [4.78, 5) is 13.5. The minimum Gasteiger partial charge on any atom is -0.398 e. The van der Waals surface area contributed by atoms with E-state index in [1.165, 1.54) is 17.9 Å². The number of anilines is 1. The molecule has 0 saturated carbocycles. The molecule has 2 N–H and O–H groups in total. The Balaban J connectivity index is 2.21. The highest BCUT2D eigenvalue weighted by molar-refractivity contribution is 7.91. The van der Waals surface area contributed by atoms with Crippen molar-refractivity contribution in [2.24, 2.45) is 0 Å². The summed E-state index contributed by atoms with van der Waals surface area (Å²) < 4.78 is 36.1. The summed E-state index contributed by atoms with van der Waals surface area (Å²) in [6.45, 7) is 1.81. The van der Waals surface area contributed by atoms with Crippen molar-refractivity contribution in [1.29, 1.82) is 0 Å². The SMILES string of the molecule is Cc1c(N)cc(C(=O)N2CCS(=O)(=O)CC2)cc1F. The number of halogens is 1. The van der Waals surface area contributed by atoms with E-state index in [0.29, 0.717) is 5.56 Å². The van der Waals surface area contributed by atoms with Crippen LogP contribution in [0, 0.1) is 12.7 Å². The summed E-state index contributed by atoms with van der Waals surface area (Å²) >= 11 is 0. The lowest BCUT2D eigenvalue weighted by Crippen LogP contribution is -2.43. The van der Waals surface area contributed by atoms with Gasteiger partial charge in [-0.3, -0.25) is 4.79 Å². The Kier molecular flexibility index (Phi) is 3.49. The largest absolute Gasteiger partial charge is 0.398 e. The van der Waals surface area contributed by atoms with Gasteiger partial charge >= 0.3 is 0 Å². The average Bonchev–Trinajstić information content (AvgIpc) is 2.34. The summed E-state index contributed by atoms with van der Waals surface area (Å²) in [5.41, 5.74) is 6.30. The second kappa shape index (κ2) is 4.80. The molecular formula is C12H15FN2O3S. The number of carbonyl (C=O) groups is 1. The molecular weight excluding hydrogens is 271 g/mol. The number of rotatable bonds is 1. The smallest absolute Gasteiger partial charge is 0.254 e. The lowest BCUT2D eigenvalue weighted by atomic mass is 10.1. The Morgan fingerprint density at radius 2 is 1.89 bits per heavy atom. The van der Waals surface area contributed by atoms with Crippen LogP contribution >= 0.6 is 0 Å². The van der Waals surface area contributed by atoms with Gasteiger partial charge in [-0.15, -0.1) is 0 Å². The fraction of sp³-hybridized carbons (Fsp3) is 0.417. The van der Waals surface area contributed by atoms with Gasteiger partial charge in [0.1, 0.15) is 5.82 Å². The van der Waals surface area contributed by atoms with Crippen molar-refractivity contribution in [3.63, 3.8) is 0 Å². The number of benzene rings is 1. The van der Waals surface area contributed by atoms with Crippen molar-refractivity contribution >= 4 is 21.4 Å². The summed E-state index contributed by atoms with van der Waals surface area (Å²) in [5.74, 6) is -1.03. The predicted octanol–water partition coefficient (Wildman–Crippen LogP) is 0.587. The van der Waals surface area contributed by atoms with Crippen molar-refractivity contribution in [3.8, 4) is 0 Å². The number of carbonyl (C=O) groups excluding carboxylic acids is 1. The second-order valence-electron chi connectivity index (χ2n) is 4.62. The highest BCUT2D eigenvalue weighted by atomic mass is 32.2. The van der Waals surface area contributed by atoms with E-state index in [9.17, 15) is 17.6 Å². The number of nitrogens with zero attached hydrogens (tertiary/aromatic N) is 1. The fourth-order valence-electron chi connectivity index (χ4n) is 1.92. The third kappa shape index (κ3) is 2.86. The van der Waals surface area contributed by atoms with Crippen LogP contribution < -0.4 is 5.73 Å². The van der Waals surface area contributed by atoms with Gasteiger partial charge in [0.25, 0.3) is 5.91 Å². The van der Waals surface area contributed by atoms with Crippen molar-refractivity contribution in [1.82, 2.24) is 4.90 Å². The average molecular weight is 286 g/mol. The lowest BCUT2D eigenvalue weighted by molar-refractivity contribution is 0.0770. The highest BCUT2D eigenvalue weighted by Gasteiger charge is 2.26. The van der Waals surface area contributed by atoms with Crippen molar-refractivity contribution in [3.05, 3.63) is 29.1 Å². The molecule has 0 bridgehead atoms. The van der Waals surface area contributed by atoms with Gasteiger partial charge in [0.05, 0.1) is 11.5 Å². The van der Waals surface area contributed by atoms with E-state index in [1.54, 1.807) is 0 Å². The number of nitrogen functional groups attached to an aromatic ring is 1. The molecule has 5 nitrogen and oxygen atoms in total. The van der Waals surface area contributed by atoms with Gasteiger partial charge in [-0.2, -0.15) is 0 Å². The Labute approximate surface area is 111 Å². The van der Waals surface area contributed by atoms with Crippen LogP contribution in [0.15, 0.2) is 12.1 Å². The molecule has 1 fully saturated rings. The first-order valence-corrected chi connectivity index (χ1v) is 7.67. The van der Waals surface area contributed by atoms with Gasteiger partial charge in [0, 0.05) is 29.9 Å². The molecule has 1 heterocycles. The normalized spacial score (nSPS) is 18.3. The zero-order valence-corrected chi connectivity index (χ0v) is 11.3. The van der Waals surface area contributed by atoms with E-state index in [0.717, 1.165) is 6.07 Å². The molecule has 0 radical (unpaired) electrons. The second-order valence-corrected chi connectivity index (χ2v) is 6.92. The van der Waals surface area contributed by atoms with Crippen LogP contribution in [0.5, 0.6) is 0 Å². The van der Waals surface area contributed by atoms with Gasteiger partial charge in [-0.05, 0) is 19.1 Å². The molecule has 0 aliphatic carbocycles. The third-order valence-corrected chi connectivity index (χ3v) is 4.87. The Bertz CT molecular complexity index is 591. The molecule has 1 aliphatic heterocycles. The minimum absolute atomic E-state index is 0.0530. The standard InChI is InChI=1S/C12H15FN2O3S/c1-8-10(13)6-9(7-11(8)14)12(16)15-2-4-19(17,18)5-3-15/h6-7H,2-5,14H2,1H3. The lowest BCUT2D eigenvalue weighted by Gasteiger charge is -2.27. The fourth-order valence-corrected chi connectivity index (χ4v) is 3.12. The summed E-state index contributed by atoms with van der Waals surface area (Å²) in [7, 11) is -3.05. The van der Waals surface area contributed by atoms with Crippen molar-refractivity contribution in [2.75, 3.05) is 30.3 Å². The molecule has 0 spiro atoms. The van der Waals surface area contributed by atoms with Crippen LogP contribution in [0.1, 0.15) is 15.9 Å². The number of amides is 1. The molecule has 2 rings (SSSR count). The van der Waals surface area contributed by atoms with Crippen molar-refractivity contribution in [2.45, 2.75) is 6.92 Å². The van der Waals surface area contributed by atoms with Crippen molar-refractivity contribution < 1.29 is 17.6 Å². The van der Waals surface area contributed by atoms with Gasteiger partial charge in [0.2, 0.25) is 0 Å². The number of hydrogen-bond acceptors (Lipinski definition) is 4. The summed E-state index contributed by atoms with van der Waals surface area (Å²) in [6.07, 6.45) is 0. The molecule has 0 unspecified atom stereocenters. The van der Waals surface area contributed by atoms with E-state index < -0.39 is 15.7 Å². The van der Waals surface area contributed by atoms with E-state index in [2.05, 4.69) is 0 Å². The molecule has 104 valence electrons. The molecule has 7 heteroatoms. The third-order valence-electron chi connectivity index (χ3n) is 3.26. The number of hydrogen-bond donors (Lipinski definition) is 1. The Hall–Kier alpha value is -1.63. The van der Waals surface area contributed by atoms with Gasteiger partial charge in [-0.25, -0.2) is 12.8 Å². The number of sulfone groups is 1. The maximum absolute atomic E-state index is 13.5. The zero-order valence-electron chi connectivity index (χ0n) is 10.5.